The second-order valence-electron chi connectivity index (χ2n) is 4.01. The van der Waals surface area contributed by atoms with Gasteiger partial charge in [0.2, 0.25) is 17.5 Å². The van der Waals surface area contributed by atoms with Crippen molar-refractivity contribution in [2.75, 3.05) is 14.2 Å². The Morgan fingerprint density at radius 1 is 1.25 bits per heavy atom. The van der Waals surface area contributed by atoms with Gasteiger partial charge in [-0.25, -0.2) is 4.98 Å². The zero-order valence-corrected chi connectivity index (χ0v) is 12.1. The molecular formula is C14H13ClN2O3. The SMILES string of the molecule is COc1cnc(C(=O)c2cccc(Cl)c2C)c(OC)n1. The molecule has 0 saturated heterocycles. The van der Waals surface area contributed by atoms with Crippen LogP contribution in [0.1, 0.15) is 21.6 Å². The predicted octanol–water partition coefficient (Wildman–Crippen LogP) is 2.69. The second kappa shape index (κ2) is 5.88. The Bertz CT molecular complexity index is 659. The molecule has 5 nitrogen and oxygen atoms in total. The number of carbonyl (C=O) groups excluding carboxylic acids is 1. The van der Waals surface area contributed by atoms with Crippen molar-refractivity contribution in [3.8, 4) is 11.8 Å². The second-order valence-corrected chi connectivity index (χ2v) is 4.42. The van der Waals surface area contributed by atoms with E-state index in [9.17, 15) is 4.79 Å². The Morgan fingerprint density at radius 3 is 2.65 bits per heavy atom. The van der Waals surface area contributed by atoms with Crippen molar-refractivity contribution in [1.82, 2.24) is 9.97 Å². The van der Waals surface area contributed by atoms with Crippen molar-refractivity contribution >= 4 is 17.4 Å². The molecule has 0 fully saturated rings. The summed E-state index contributed by atoms with van der Waals surface area (Å²) in [7, 11) is 2.89. The Labute approximate surface area is 121 Å². The number of rotatable bonds is 4. The number of methoxy groups -OCH3 is 2. The fourth-order valence-electron chi connectivity index (χ4n) is 1.73. The van der Waals surface area contributed by atoms with Crippen LogP contribution >= 0.6 is 11.6 Å². The smallest absolute Gasteiger partial charge is 0.247 e. The highest BCUT2D eigenvalue weighted by atomic mass is 35.5. The summed E-state index contributed by atoms with van der Waals surface area (Å²) in [5, 5.41) is 0.524. The van der Waals surface area contributed by atoms with E-state index in [4.69, 9.17) is 21.1 Å². The first-order valence-corrected chi connectivity index (χ1v) is 6.21. The van der Waals surface area contributed by atoms with E-state index in [0.29, 0.717) is 16.1 Å². The first kappa shape index (κ1) is 14.3. The highest BCUT2D eigenvalue weighted by Crippen LogP contribution is 2.24. The van der Waals surface area contributed by atoms with Crippen molar-refractivity contribution in [2.24, 2.45) is 0 Å². The Hall–Kier alpha value is -2.14. The first-order chi connectivity index (χ1) is 9.58. The van der Waals surface area contributed by atoms with Crippen LogP contribution in [0.2, 0.25) is 5.02 Å². The fraction of sp³-hybridized carbons (Fsp3) is 0.214. The lowest BCUT2D eigenvalue weighted by molar-refractivity contribution is 0.102. The molecule has 6 heteroatoms. The largest absolute Gasteiger partial charge is 0.480 e. The van der Waals surface area contributed by atoms with Crippen LogP contribution in [0.25, 0.3) is 0 Å². The first-order valence-electron chi connectivity index (χ1n) is 5.83. The highest BCUT2D eigenvalue weighted by Gasteiger charge is 2.20. The average Bonchev–Trinajstić information content (AvgIpc) is 2.48. The van der Waals surface area contributed by atoms with Gasteiger partial charge in [0.15, 0.2) is 5.69 Å². The van der Waals surface area contributed by atoms with Gasteiger partial charge < -0.3 is 9.47 Å². The van der Waals surface area contributed by atoms with Crippen LogP contribution in [0.3, 0.4) is 0 Å². The molecule has 0 bridgehead atoms. The molecule has 1 heterocycles. The van der Waals surface area contributed by atoms with E-state index in [1.165, 1.54) is 20.4 Å². The number of benzene rings is 1. The topological polar surface area (TPSA) is 61.3 Å². The number of ether oxygens (including phenoxy) is 2. The van der Waals surface area contributed by atoms with Gasteiger partial charge in [0, 0.05) is 10.6 Å². The molecule has 1 aromatic heterocycles. The third-order valence-electron chi connectivity index (χ3n) is 2.85. The lowest BCUT2D eigenvalue weighted by atomic mass is 10.0. The molecule has 0 saturated carbocycles. The summed E-state index contributed by atoms with van der Waals surface area (Å²) in [4.78, 5) is 20.6. The molecule has 0 spiro atoms. The van der Waals surface area contributed by atoms with Crippen LogP contribution in [0.4, 0.5) is 0 Å². The molecule has 104 valence electrons. The molecule has 0 atom stereocenters. The molecule has 0 aliphatic heterocycles. The molecule has 0 N–H and O–H groups in total. The minimum absolute atomic E-state index is 0.119. The zero-order valence-electron chi connectivity index (χ0n) is 11.3. The van der Waals surface area contributed by atoms with Gasteiger partial charge in [0.1, 0.15) is 0 Å². The Balaban J connectivity index is 2.50. The Kier molecular flexibility index (Phi) is 4.20. The summed E-state index contributed by atoms with van der Waals surface area (Å²) in [6.07, 6.45) is 1.37. The minimum Gasteiger partial charge on any atom is -0.480 e. The van der Waals surface area contributed by atoms with Crippen LogP contribution in [0.15, 0.2) is 24.4 Å². The van der Waals surface area contributed by atoms with Crippen molar-refractivity contribution in [2.45, 2.75) is 6.92 Å². The van der Waals surface area contributed by atoms with E-state index >= 15 is 0 Å². The number of hydrogen-bond donors (Lipinski definition) is 0. The molecule has 1 aromatic carbocycles. The number of carbonyl (C=O) groups is 1. The van der Waals surface area contributed by atoms with E-state index < -0.39 is 0 Å². The van der Waals surface area contributed by atoms with Crippen LogP contribution in [0, 0.1) is 6.92 Å². The monoisotopic (exact) mass is 292 g/mol. The summed E-state index contributed by atoms with van der Waals surface area (Å²) in [6, 6.07) is 5.13. The maximum atomic E-state index is 12.5. The number of hydrogen-bond acceptors (Lipinski definition) is 5. The van der Waals surface area contributed by atoms with E-state index in [1.807, 2.05) is 0 Å². The van der Waals surface area contributed by atoms with Crippen molar-refractivity contribution in [3.05, 3.63) is 46.2 Å². The zero-order chi connectivity index (χ0) is 14.7. The van der Waals surface area contributed by atoms with Gasteiger partial charge in [-0.3, -0.25) is 4.79 Å². The van der Waals surface area contributed by atoms with E-state index in [1.54, 1.807) is 25.1 Å². The van der Waals surface area contributed by atoms with Gasteiger partial charge in [-0.1, -0.05) is 23.7 Å². The van der Waals surface area contributed by atoms with Gasteiger partial charge in [-0.05, 0) is 18.6 Å². The highest BCUT2D eigenvalue weighted by molar-refractivity contribution is 6.32. The standard InChI is InChI=1S/C14H13ClN2O3/c1-8-9(5-4-6-10(8)15)13(18)12-14(20-3)17-11(19-2)7-16-12/h4-7H,1-3H3. The van der Waals surface area contributed by atoms with E-state index in [-0.39, 0.29) is 23.2 Å². The van der Waals surface area contributed by atoms with Gasteiger partial charge in [-0.15, -0.1) is 0 Å². The fourth-order valence-corrected chi connectivity index (χ4v) is 1.91. The molecule has 2 aromatic rings. The summed E-state index contributed by atoms with van der Waals surface area (Å²) in [6.45, 7) is 1.78. The number of nitrogens with zero attached hydrogens (tertiary/aromatic N) is 2. The summed E-state index contributed by atoms with van der Waals surface area (Å²) in [5.41, 5.74) is 1.28. The molecule has 20 heavy (non-hydrogen) atoms. The summed E-state index contributed by atoms with van der Waals surface area (Å²) < 4.78 is 10.0. The molecule has 0 aliphatic carbocycles. The van der Waals surface area contributed by atoms with Crippen LogP contribution in [-0.4, -0.2) is 30.0 Å². The maximum Gasteiger partial charge on any atom is 0.247 e. The van der Waals surface area contributed by atoms with Gasteiger partial charge >= 0.3 is 0 Å². The number of ketones is 1. The van der Waals surface area contributed by atoms with Crippen molar-refractivity contribution in [1.29, 1.82) is 0 Å². The minimum atomic E-state index is -0.294. The van der Waals surface area contributed by atoms with Crippen molar-refractivity contribution < 1.29 is 14.3 Å². The van der Waals surface area contributed by atoms with Crippen molar-refractivity contribution in [3.63, 3.8) is 0 Å². The molecule has 0 aliphatic rings. The predicted molar refractivity (Wildman–Crippen MR) is 74.8 cm³/mol. The molecule has 0 radical (unpaired) electrons. The van der Waals surface area contributed by atoms with Gasteiger partial charge in [-0.2, -0.15) is 4.98 Å². The lowest BCUT2D eigenvalue weighted by Crippen LogP contribution is -2.10. The van der Waals surface area contributed by atoms with Crippen LogP contribution in [0.5, 0.6) is 11.8 Å². The van der Waals surface area contributed by atoms with Gasteiger partial charge in [0.25, 0.3) is 0 Å². The lowest BCUT2D eigenvalue weighted by Gasteiger charge is -2.09. The quantitative estimate of drug-likeness (QED) is 0.811. The maximum absolute atomic E-state index is 12.5. The molecular weight excluding hydrogens is 280 g/mol. The number of aromatic nitrogens is 2. The Morgan fingerprint density at radius 2 is 2.00 bits per heavy atom. The molecule has 0 amide bonds. The van der Waals surface area contributed by atoms with Crippen LogP contribution < -0.4 is 9.47 Å². The average molecular weight is 293 g/mol. The molecule has 2 rings (SSSR count). The summed E-state index contributed by atoms with van der Waals surface area (Å²) >= 11 is 6.03. The molecule has 0 unspecified atom stereocenters. The third-order valence-corrected chi connectivity index (χ3v) is 3.26. The number of halogens is 1. The normalized spacial score (nSPS) is 10.2. The van der Waals surface area contributed by atoms with Crippen LogP contribution in [-0.2, 0) is 0 Å². The van der Waals surface area contributed by atoms with E-state index in [0.717, 1.165) is 0 Å². The van der Waals surface area contributed by atoms with E-state index in [2.05, 4.69) is 9.97 Å². The third kappa shape index (κ3) is 2.58. The summed E-state index contributed by atoms with van der Waals surface area (Å²) in [5.74, 6) is 0.104. The van der Waals surface area contributed by atoms with Gasteiger partial charge in [0.05, 0.1) is 20.4 Å².